The highest BCUT2D eigenvalue weighted by atomic mass is 19.4. The summed E-state index contributed by atoms with van der Waals surface area (Å²) in [6.45, 7) is 2.97. The SMILES string of the molecule is CC(C)(ON)c1ccc(F)c(C(F)(F)F)c1. The standard InChI is InChI=1S/C10H11F4NO/c1-9(2,16-15)6-3-4-8(11)7(5-6)10(12,13)14/h3-5H,15H2,1-2H3. The first kappa shape index (κ1) is 12.9. The molecule has 0 spiro atoms. The Bertz CT molecular complexity index is 387. The summed E-state index contributed by atoms with van der Waals surface area (Å²) in [6, 6.07) is 2.65. The summed E-state index contributed by atoms with van der Waals surface area (Å²) < 4.78 is 50.2. The van der Waals surface area contributed by atoms with Crippen molar-refractivity contribution < 1.29 is 22.4 Å². The minimum atomic E-state index is -4.73. The first-order valence-corrected chi connectivity index (χ1v) is 4.43. The van der Waals surface area contributed by atoms with Crippen molar-refractivity contribution >= 4 is 0 Å². The van der Waals surface area contributed by atoms with Gasteiger partial charge >= 0.3 is 6.18 Å². The highest BCUT2D eigenvalue weighted by Gasteiger charge is 2.35. The molecule has 0 heterocycles. The molecule has 6 heteroatoms. The lowest BCUT2D eigenvalue weighted by atomic mass is 9.96. The molecule has 1 aromatic carbocycles. The Morgan fingerprint density at radius 1 is 1.19 bits per heavy atom. The van der Waals surface area contributed by atoms with Crippen LogP contribution >= 0.6 is 0 Å². The van der Waals surface area contributed by atoms with Crippen molar-refractivity contribution in [2.24, 2.45) is 5.90 Å². The van der Waals surface area contributed by atoms with Crippen LogP contribution in [-0.2, 0) is 16.6 Å². The molecule has 2 nitrogen and oxygen atoms in total. The van der Waals surface area contributed by atoms with E-state index >= 15 is 0 Å². The lowest BCUT2D eigenvalue weighted by Gasteiger charge is -2.23. The Morgan fingerprint density at radius 2 is 1.75 bits per heavy atom. The molecule has 0 bridgehead atoms. The van der Waals surface area contributed by atoms with E-state index in [0.717, 1.165) is 6.07 Å². The van der Waals surface area contributed by atoms with Crippen LogP contribution in [0.5, 0.6) is 0 Å². The monoisotopic (exact) mass is 237 g/mol. The van der Waals surface area contributed by atoms with E-state index in [9.17, 15) is 17.6 Å². The van der Waals surface area contributed by atoms with Crippen LogP contribution in [0.15, 0.2) is 18.2 Å². The van der Waals surface area contributed by atoms with E-state index < -0.39 is 23.2 Å². The topological polar surface area (TPSA) is 35.2 Å². The zero-order valence-electron chi connectivity index (χ0n) is 8.73. The van der Waals surface area contributed by atoms with Gasteiger partial charge in [0, 0.05) is 0 Å². The van der Waals surface area contributed by atoms with Crippen molar-refractivity contribution in [1.82, 2.24) is 0 Å². The van der Waals surface area contributed by atoms with Gasteiger partial charge in [0.1, 0.15) is 11.4 Å². The van der Waals surface area contributed by atoms with Crippen LogP contribution in [0.1, 0.15) is 25.0 Å². The van der Waals surface area contributed by atoms with Crippen LogP contribution in [0.4, 0.5) is 17.6 Å². The normalized spacial score (nSPS) is 12.9. The summed E-state index contributed by atoms with van der Waals surface area (Å²) in [5.74, 6) is 3.64. The molecule has 1 aromatic rings. The molecule has 0 saturated heterocycles. The summed E-state index contributed by atoms with van der Waals surface area (Å²) >= 11 is 0. The molecule has 0 fully saturated rings. The maximum absolute atomic E-state index is 13.0. The Kier molecular flexibility index (Phi) is 3.25. The fraction of sp³-hybridized carbons (Fsp3) is 0.400. The van der Waals surface area contributed by atoms with Crippen molar-refractivity contribution in [3.05, 3.63) is 35.1 Å². The third-order valence-electron chi connectivity index (χ3n) is 2.26. The van der Waals surface area contributed by atoms with Gasteiger partial charge in [0.05, 0.1) is 5.56 Å². The van der Waals surface area contributed by atoms with Crippen LogP contribution in [-0.4, -0.2) is 0 Å². The van der Waals surface area contributed by atoms with E-state index in [2.05, 4.69) is 4.84 Å². The van der Waals surface area contributed by atoms with Gasteiger partial charge in [-0.25, -0.2) is 10.3 Å². The fourth-order valence-corrected chi connectivity index (χ4v) is 1.19. The van der Waals surface area contributed by atoms with Crippen molar-refractivity contribution in [3.63, 3.8) is 0 Å². The van der Waals surface area contributed by atoms with Crippen LogP contribution in [0.25, 0.3) is 0 Å². The average molecular weight is 237 g/mol. The highest BCUT2D eigenvalue weighted by molar-refractivity contribution is 5.30. The van der Waals surface area contributed by atoms with E-state index in [4.69, 9.17) is 5.90 Å². The number of rotatable bonds is 2. The zero-order valence-corrected chi connectivity index (χ0v) is 8.73. The lowest BCUT2D eigenvalue weighted by Crippen LogP contribution is -2.26. The Labute approximate surface area is 90.0 Å². The molecule has 16 heavy (non-hydrogen) atoms. The second-order valence-electron chi connectivity index (χ2n) is 3.82. The predicted octanol–water partition coefficient (Wildman–Crippen LogP) is 2.97. The molecule has 0 aliphatic carbocycles. The maximum atomic E-state index is 13.0. The number of alkyl halides is 3. The molecule has 0 aliphatic rings. The van der Waals surface area contributed by atoms with Gasteiger partial charge < -0.3 is 0 Å². The maximum Gasteiger partial charge on any atom is 0.419 e. The van der Waals surface area contributed by atoms with Gasteiger partial charge in [-0.05, 0) is 31.5 Å². The van der Waals surface area contributed by atoms with Gasteiger partial charge in [-0.1, -0.05) is 6.07 Å². The van der Waals surface area contributed by atoms with Gasteiger partial charge in [-0.15, -0.1) is 0 Å². The van der Waals surface area contributed by atoms with E-state index in [1.807, 2.05) is 0 Å². The first-order valence-electron chi connectivity index (χ1n) is 4.43. The van der Waals surface area contributed by atoms with Gasteiger partial charge in [0.15, 0.2) is 0 Å². The first-order chi connectivity index (χ1) is 7.18. The number of benzene rings is 1. The molecule has 0 radical (unpaired) electrons. The largest absolute Gasteiger partial charge is 0.419 e. The smallest absolute Gasteiger partial charge is 0.294 e. The van der Waals surface area contributed by atoms with Crippen molar-refractivity contribution in [2.45, 2.75) is 25.6 Å². The van der Waals surface area contributed by atoms with E-state index in [1.54, 1.807) is 0 Å². The molecule has 0 atom stereocenters. The number of halogens is 4. The third kappa shape index (κ3) is 2.51. The fourth-order valence-electron chi connectivity index (χ4n) is 1.19. The molecule has 2 N–H and O–H groups in total. The number of hydrogen-bond donors (Lipinski definition) is 1. The van der Waals surface area contributed by atoms with Crippen LogP contribution in [0, 0.1) is 5.82 Å². The molecule has 0 saturated carbocycles. The Morgan fingerprint density at radius 3 is 2.19 bits per heavy atom. The van der Waals surface area contributed by atoms with Crippen molar-refractivity contribution in [2.75, 3.05) is 0 Å². The zero-order chi connectivity index (χ0) is 12.6. The molecule has 0 aromatic heterocycles. The summed E-state index contributed by atoms with van der Waals surface area (Å²) in [6.07, 6.45) is -4.73. The minimum Gasteiger partial charge on any atom is -0.294 e. The molecule has 0 aliphatic heterocycles. The Balaban J connectivity index is 3.29. The molecule has 0 unspecified atom stereocenters. The second kappa shape index (κ2) is 4.03. The van der Waals surface area contributed by atoms with Gasteiger partial charge in [0.2, 0.25) is 0 Å². The molecule has 90 valence electrons. The van der Waals surface area contributed by atoms with E-state index in [-0.39, 0.29) is 5.56 Å². The van der Waals surface area contributed by atoms with Gasteiger partial charge in [-0.3, -0.25) is 4.84 Å². The molecule has 0 amide bonds. The van der Waals surface area contributed by atoms with Gasteiger partial charge in [0.25, 0.3) is 0 Å². The molecular formula is C10H11F4NO. The van der Waals surface area contributed by atoms with E-state index in [0.29, 0.717) is 6.07 Å². The molecular weight excluding hydrogens is 226 g/mol. The number of nitrogens with two attached hydrogens (primary N) is 1. The second-order valence-corrected chi connectivity index (χ2v) is 3.82. The summed E-state index contributed by atoms with van der Waals surface area (Å²) in [5.41, 5.74) is -2.27. The minimum absolute atomic E-state index is 0.156. The van der Waals surface area contributed by atoms with E-state index in [1.165, 1.54) is 19.9 Å². The molecule has 1 rings (SSSR count). The van der Waals surface area contributed by atoms with Crippen molar-refractivity contribution in [1.29, 1.82) is 0 Å². The van der Waals surface area contributed by atoms with Crippen LogP contribution in [0.2, 0.25) is 0 Å². The van der Waals surface area contributed by atoms with Gasteiger partial charge in [-0.2, -0.15) is 13.2 Å². The number of hydrogen-bond acceptors (Lipinski definition) is 2. The summed E-state index contributed by atoms with van der Waals surface area (Å²) in [4.78, 5) is 4.54. The van der Waals surface area contributed by atoms with Crippen LogP contribution in [0.3, 0.4) is 0 Å². The quantitative estimate of drug-likeness (QED) is 0.634. The summed E-state index contributed by atoms with van der Waals surface area (Å²) in [5, 5.41) is 0. The third-order valence-corrected chi connectivity index (χ3v) is 2.26. The lowest BCUT2D eigenvalue weighted by molar-refractivity contribution is -0.140. The average Bonchev–Trinajstić information content (AvgIpc) is 2.16. The summed E-state index contributed by atoms with van der Waals surface area (Å²) in [7, 11) is 0. The highest BCUT2D eigenvalue weighted by Crippen LogP contribution is 2.34. The predicted molar refractivity (Wildman–Crippen MR) is 49.7 cm³/mol. The Hall–Kier alpha value is -1.14. The van der Waals surface area contributed by atoms with Crippen molar-refractivity contribution in [3.8, 4) is 0 Å². The van der Waals surface area contributed by atoms with Crippen LogP contribution < -0.4 is 5.90 Å².